The van der Waals surface area contributed by atoms with Crippen molar-refractivity contribution in [1.82, 2.24) is 10.2 Å². The Morgan fingerprint density at radius 3 is 1.95 bits per heavy atom. The Labute approximate surface area is 131 Å². The van der Waals surface area contributed by atoms with Gasteiger partial charge in [-0.05, 0) is 45.4 Å². The van der Waals surface area contributed by atoms with Crippen LogP contribution < -0.4 is 5.32 Å². The second-order valence-corrected chi connectivity index (χ2v) is 7.81. The molecular formula is C17H36N2O2. The Kier molecular flexibility index (Phi) is 8.95. The van der Waals surface area contributed by atoms with E-state index in [1.165, 1.54) is 12.8 Å². The van der Waals surface area contributed by atoms with E-state index in [2.05, 4.69) is 33.0 Å². The molecule has 0 saturated heterocycles. The summed E-state index contributed by atoms with van der Waals surface area (Å²) in [5.41, 5.74) is -0.434. The summed E-state index contributed by atoms with van der Waals surface area (Å²) in [5, 5.41) is 3.58. The fourth-order valence-electron chi connectivity index (χ4n) is 2.27. The molecule has 0 atom stereocenters. The second kappa shape index (κ2) is 9.29. The van der Waals surface area contributed by atoms with Gasteiger partial charge in [0.05, 0.1) is 0 Å². The summed E-state index contributed by atoms with van der Waals surface area (Å²) in [6.45, 7) is 16.1. The van der Waals surface area contributed by atoms with Crippen LogP contribution in [0.4, 0.5) is 4.79 Å². The minimum Gasteiger partial charge on any atom is -0.444 e. The lowest BCUT2D eigenvalue weighted by molar-refractivity contribution is 0.0299. The first-order chi connectivity index (χ1) is 9.51. The van der Waals surface area contributed by atoms with Gasteiger partial charge in [0.2, 0.25) is 0 Å². The number of hydrogen-bond acceptors (Lipinski definition) is 3. The van der Waals surface area contributed by atoms with Crippen LogP contribution >= 0.6 is 0 Å². The molecule has 0 bridgehead atoms. The lowest BCUT2D eigenvalue weighted by Crippen LogP contribution is -2.41. The van der Waals surface area contributed by atoms with E-state index in [0.717, 1.165) is 6.54 Å². The third kappa shape index (κ3) is 11.6. The van der Waals surface area contributed by atoms with Crippen molar-refractivity contribution in [3.05, 3.63) is 0 Å². The van der Waals surface area contributed by atoms with Crippen LogP contribution in [0.5, 0.6) is 0 Å². The molecule has 126 valence electrons. The summed E-state index contributed by atoms with van der Waals surface area (Å²) in [4.78, 5) is 13.5. The zero-order chi connectivity index (χ0) is 16.6. The molecule has 0 spiro atoms. The average Bonchev–Trinajstić information content (AvgIpc) is 2.24. The molecule has 0 heterocycles. The largest absolute Gasteiger partial charge is 0.444 e. The van der Waals surface area contributed by atoms with Gasteiger partial charge in [0.15, 0.2) is 0 Å². The van der Waals surface area contributed by atoms with Crippen LogP contribution in [0.3, 0.4) is 0 Å². The van der Waals surface area contributed by atoms with E-state index in [1.54, 1.807) is 11.9 Å². The van der Waals surface area contributed by atoms with E-state index in [9.17, 15) is 4.79 Å². The van der Waals surface area contributed by atoms with Gasteiger partial charge in [0.1, 0.15) is 5.60 Å². The highest BCUT2D eigenvalue weighted by Gasteiger charge is 2.19. The molecule has 0 aliphatic carbocycles. The molecule has 21 heavy (non-hydrogen) atoms. The van der Waals surface area contributed by atoms with E-state index in [-0.39, 0.29) is 6.09 Å². The van der Waals surface area contributed by atoms with Gasteiger partial charge in [0.25, 0.3) is 0 Å². The van der Waals surface area contributed by atoms with Gasteiger partial charge in [-0.1, -0.05) is 27.7 Å². The predicted octanol–water partition coefficient (Wildman–Crippen LogP) is 3.90. The first kappa shape index (κ1) is 20.2. The summed E-state index contributed by atoms with van der Waals surface area (Å²) < 4.78 is 5.35. The standard InChI is InChI=1S/C17H36N2O2/c1-13(2)11-15(12-14(3)4)18-9-10-19(8)16(20)21-17(5,6)7/h13-15,18H,9-12H2,1-8H3. The first-order valence-corrected chi connectivity index (χ1v) is 8.18. The molecule has 0 radical (unpaired) electrons. The Morgan fingerprint density at radius 2 is 1.57 bits per heavy atom. The van der Waals surface area contributed by atoms with Crippen LogP contribution in [-0.2, 0) is 4.74 Å². The van der Waals surface area contributed by atoms with Crippen molar-refractivity contribution < 1.29 is 9.53 Å². The third-order valence-corrected chi connectivity index (χ3v) is 3.10. The number of nitrogens with one attached hydrogen (secondary N) is 1. The molecule has 1 amide bonds. The molecule has 0 unspecified atom stereocenters. The molecular weight excluding hydrogens is 264 g/mol. The summed E-state index contributed by atoms with van der Waals surface area (Å²) >= 11 is 0. The fourth-order valence-corrected chi connectivity index (χ4v) is 2.27. The van der Waals surface area contributed by atoms with Crippen LogP contribution in [-0.4, -0.2) is 42.8 Å². The summed E-state index contributed by atoms with van der Waals surface area (Å²) in [6, 6.07) is 0.525. The summed E-state index contributed by atoms with van der Waals surface area (Å²) in [5.74, 6) is 1.37. The van der Waals surface area contributed by atoms with E-state index in [1.807, 2.05) is 20.8 Å². The number of nitrogens with zero attached hydrogens (tertiary/aromatic N) is 1. The lowest BCUT2D eigenvalue weighted by atomic mass is 9.96. The van der Waals surface area contributed by atoms with E-state index >= 15 is 0 Å². The third-order valence-electron chi connectivity index (χ3n) is 3.10. The van der Waals surface area contributed by atoms with Gasteiger partial charge in [-0.3, -0.25) is 0 Å². The zero-order valence-electron chi connectivity index (χ0n) is 15.3. The van der Waals surface area contributed by atoms with Crippen LogP contribution in [0.1, 0.15) is 61.3 Å². The maximum atomic E-state index is 11.9. The summed E-state index contributed by atoms with van der Waals surface area (Å²) in [7, 11) is 1.79. The molecule has 0 aromatic rings. The smallest absolute Gasteiger partial charge is 0.410 e. The number of rotatable bonds is 8. The topological polar surface area (TPSA) is 41.6 Å². The minimum atomic E-state index is -0.434. The summed E-state index contributed by atoms with van der Waals surface area (Å²) in [6.07, 6.45) is 2.09. The van der Waals surface area contributed by atoms with Crippen molar-refractivity contribution in [2.45, 2.75) is 73.0 Å². The second-order valence-electron chi connectivity index (χ2n) is 7.81. The average molecular weight is 300 g/mol. The number of hydrogen-bond donors (Lipinski definition) is 1. The van der Waals surface area contributed by atoms with Crippen molar-refractivity contribution >= 4 is 6.09 Å². The van der Waals surface area contributed by atoms with Crippen molar-refractivity contribution in [1.29, 1.82) is 0 Å². The maximum Gasteiger partial charge on any atom is 0.410 e. The molecule has 0 fully saturated rings. The molecule has 0 rings (SSSR count). The van der Waals surface area contributed by atoms with Crippen LogP contribution in [0.25, 0.3) is 0 Å². The van der Waals surface area contributed by atoms with Crippen LogP contribution in [0.15, 0.2) is 0 Å². The van der Waals surface area contributed by atoms with E-state index < -0.39 is 5.60 Å². The highest BCUT2D eigenvalue weighted by Crippen LogP contribution is 2.13. The zero-order valence-corrected chi connectivity index (χ0v) is 15.3. The van der Waals surface area contributed by atoms with Crippen LogP contribution in [0.2, 0.25) is 0 Å². The molecule has 4 heteroatoms. The van der Waals surface area contributed by atoms with Crippen LogP contribution in [0, 0.1) is 11.8 Å². The van der Waals surface area contributed by atoms with Crippen molar-refractivity contribution in [3.8, 4) is 0 Å². The number of ether oxygens (including phenoxy) is 1. The Balaban J connectivity index is 4.15. The van der Waals surface area contributed by atoms with Crippen molar-refractivity contribution in [2.75, 3.05) is 20.1 Å². The highest BCUT2D eigenvalue weighted by atomic mass is 16.6. The molecule has 1 N–H and O–H groups in total. The predicted molar refractivity (Wildman–Crippen MR) is 89.6 cm³/mol. The maximum absolute atomic E-state index is 11.9. The van der Waals surface area contributed by atoms with Gasteiger partial charge in [-0.25, -0.2) is 4.79 Å². The Bertz CT molecular complexity index is 286. The first-order valence-electron chi connectivity index (χ1n) is 8.18. The Morgan fingerprint density at radius 1 is 1.10 bits per heavy atom. The van der Waals surface area contributed by atoms with Gasteiger partial charge >= 0.3 is 6.09 Å². The number of carbonyl (C=O) groups is 1. The van der Waals surface area contributed by atoms with E-state index in [4.69, 9.17) is 4.74 Å². The van der Waals surface area contributed by atoms with Gasteiger partial charge in [0, 0.05) is 26.2 Å². The molecule has 0 saturated carbocycles. The molecule has 0 aliphatic rings. The number of carbonyl (C=O) groups excluding carboxylic acids is 1. The van der Waals surface area contributed by atoms with Gasteiger partial charge in [-0.2, -0.15) is 0 Å². The molecule has 4 nitrogen and oxygen atoms in total. The normalized spacial score (nSPS) is 12.3. The fraction of sp³-hybridized carbons (Fsp3) is 0.941. The molecule has 0 aliphatic heterocycles. The monoisotopic (exact) mass is 300 g/mol. The number of amides is 1. The lowest BCUT2D eigenvalue weighted by Gasteiger charge is -2.26. The highest BCUT2D eigenvalue weighted by molar-refractivity contribution is 5.67. The van der Waals surface area contributed by atoms with E-state index in [0.29, 0.717) is 24.4 Å². The van der Waals surface area contributed by atoms with Gasteiger partial charge in [-0.15, -0.1) is 0 Å². The molecule has 0 aromatic carbocycles. The quantitative estimate of drug-likeness (QED) is 0.739. The van der Waals surface area contributed by atoms with Crippen molar-refractivity contribution in [3.63, 3.8) is 0 Å². The van der Waals surface area contributed by atoms with Crippen molar-refractivity contribution in [2.24, 2.45) is 11.8 Å². The Hall–Kier alpha value is -0.770. The number of likely N-dealkylation sites (N-methyl/N-ethyl adjacent to an activating group) is 1. The minimum absolute atomic E-state index is 0.256. The SMILES string of the molecule is CC(C)CC(CC(C)C)NCCN(C)C(=O)OC(C)(C)C. The van der Waals surface area contributed by atoms with Gasteiger partial charge < -0.3 is 15.0 Å². The molecule has 0 aromatic heterocycles.